The second-order valence-electron chi connectivity index (χ2n) is 10.9. The summed E-state index contributed by atoms with van der Waals surface area (Å²) in [5.41, 5.74) is 5.38. The molecule has 5 heteroatoms. The summed E-state index contributed by atoms with van der Waals surface area (Å²) in [6.45, 7) is 14.7. The third-order valence-electron chi connectivity index (χ3n) is 7.23. The zero-order valence-electron chi connectivity index (χ0n) is 23.0. The van der Waals surface area contributed by atoms with Crippen LogP contribution in [0.4, 0.5) is 0 Å². The standard InChI is InChI=1S/C31H44O5/c1-8-31(9-2,24-12-10-23(21(3)18-24)11-16-28(33)30(5,6)7)25-13-15-27(22(4)19-25)36-20-26(32)14-17-29(34)35/h10-13,15-16,18-19,26,28,32-33H,8-9,14,17,20H2,1-7H3,(H,34,35)/t26-,28?/m0/s1. The Morgan fingerprint density at radius 2 is 1.56 bits per heavy atom. The van der Waals surface area contributed by atoms with Crippen molar-refractivity contribution in [1.29, 1.82) is 0 Å². The van der Waals surface area contributed by atoms with Crippen LogP contribution in [-0.2, 0) is 10.2 Å². The Kier molecular flexibility index (Phi) is 10.3. The van der Waals surface area contributed by atoms with Crippen LogP contribution in [0.25, 0.3) is 6.08 Å². The van der Waals surface area contributed by atoms with E-state index in [0.29, 0.717) is 5.75 Å². The van der Waals surface area contributed by atoms with Crippen molar-refractivity contribution in [1.82, 2.24) is 0 Å². The summed E-state index contributed by atoms with van der Waals surface area (Å²) >= 11 is 0. The van der Waals surface area contributed by atoms with Gasteiger partial charge in [-0.15, -0.1) is 0 Å². The second-order valence-corrected chi connectivity index (χ2v) is 10.9. The molecule has 1 unspecified atom stereocenters. The summed E-state index contributed by atoms with van der Waals surface area (Å²) in [5.74, 6) is -0.227. The van der Waals surface area contributed by atoms with Crippen molar-refractivity contribution in [3.05, 3.63) is 70.3 Å². The van der Waals surface area contributed by atoms with Crippen LogP contribution in [0.5, 0.6) is 5.75 Å². The van der Waals surface area contributed by atoms with E-state index in [1.807, 2.05) is 45.9 Å². The Morgan fingerprint density at radius 3 is 2.06 bits per heavy atom. The van der Waals surface area contributed by atoms with Gasteiger partial charge in [0, 0.05) is 11.8 Å². The molecule has 2 atom stereocenters. The highest BCUT2D eigenvalue weighted by Gasteiger charge is 2.31. The Morgan fingerprint density at radius 1 is 0.972 bits per heavy atom. The summed E-state index contributed by atoms with van der Waals surface area (Å²) in [6, 6.07) is 12.8. The molecule has 0 spiro atoms. The van der Waals surface area contributed by atoms with Crippen LogP contribution >= 0.6 is 0 Å². The minimum absolute atomic E-state index is 0.0677. The number of carboxylic acids is 1. The van der Waals surface area contributed by atoms with E-state index in [4.69, 9.17) is 9.84 Å². The number of hydrogen-bond acceptors (Lipinski definition) is 4. The van der Waals surface area contributed by atoms with Gasteiger partial charge in [-0.05, 0) is 72.4 Å². The highest BCUT2D eigenvalue weighted by Crippen LogP contribution is 2.41. The van der Waals surface area contributed by atoms with Crippen molar-refractivity contribution in [3.63, 3.8) is 0 Å². The number of ether oxygens (including phenoxy) is 1. The Labute approximate surface area is 216 Å². The molecule has 198 valence electrons. The van der Waals surface area contributed by atoms with Crippen LogP contribution in [0.3, 0.4) is 0 Å². The monoisotopic (exact) mass is 496 g/mol. The zero-order chi connectivity index (χ0) is 27.1. The number of aliphatic hydroxyl groups is 2. The van der Waals surface area contributed by atoms with E-state index in [1.165, 1.54) is 16.7 Å². The molecule has 2 aromatic rings. The first-order valence-corrected chi connectivity index (χ1v) is 12.9. The molecular weight excluding hydrogens is 452 g/mol. The van der Waals surface area contributed by atoms with Crippen LogP contribution < -0.4 is 4.74 Å². The Balaban J connectivity index is 2.29. The molecule has 5 nitrogen and oxygen atoms in total. The first kappa shape index (κ1) is 29.6. The van der Waals surface area contributed by atoms with Gasteiger partial charge in [0.1, 0.15) is 12.4 Å². The first-order valence-electron chi connectivity index (χ1n) is 12.9. The summed E-state index contributed by atoms with van der Waals surface area (Å²) in [4.78, 5) is 10.7. The van der Waals surface area contributed by atoms with Gasteiger partial charge >= 0.3 is 5.97 Å². The molecule has 0 bridgehead atoms. The van der Waals surface area contributed by atoms with Crippen LogP contribution in [0.15, 0.2) is 42.5 Å². The molecular formula is C31H44O5. The smallest absolute Gasteiger partial charge is 0.303 e. The Bertz CT molecular complexity index is 1040. The fraction of sp³-hybridized carbons (Fsp3) is 0.516. The molecule has 0 heterocycles. The number of hydrogen-bond donors (Lipinski definition) is 3. The molecule has 0 amide bonds. The topological polar surface area (TPSA) is 87.0 Å². The molecule has 0 saturated carbocycles. The number of carbonyl (C=O) groups is 1. The van der Waals surface area contributed by atoms with Gasteiger partial charge in [0.15, 0.2) is 0 Å². The van der Waals surface area contributed by atoms with E-state index in [1.54, 1.807) is 0 Å². The fourth-order valence-electron chi connectivity index (χ4n) is 4.55. The number of aliphatic carboxylic acids is 1. The molecule has 2 rings (SSSR count). The van der Waals surface area contributed by atoms with Crippen molar-refractivity contribution < 1.29 is 24.9 Å². The number of benzene rings is 2. The lowest BCUT2D eigenvalue weighted by Gasteiger charge is -2.34. The first-order chi connectivity index (χ1) is 16.8. The number of aliphatic hydroxyl groups excluding tert-OH is 2. The maximum Gasteiger partial charge on any atom is 0.303 e. The van der Waals surface area contributed by atoms with Gasteiger partial charge < -0.3 is 20.1 Å². The van der Waals surface area contributed by atoms with Gasteiger partial charge in [-0.2, -0.15) is 0 Å². The van der Waals surface area contributed by atoms with E-state index in [9.17, 15) is 15.0 Å². The largest absolute Gasteiger partial charge is 0.491 e. The van der Waals surface area contributed by atoms with E-state index in [0.717, 1.165) is 24.0 Å². The number of aryl methyl sites for hydroxylation is 2. The lowest BCUT2D eigenvalue weighted by molar-refractivity contribution is -0.137. The molecule has 3 N–H and O–H groups in total. The van der Waals surface area contributed by atoms with Crippen molar-refractivity contribution in [2.45, 2.75) is 91.8 Å². The lowest BCUT2D eigenvalue weighted by Crippen LogP contribution is -2.26. The molecule has 0 aromatic heterocycles. The van der Waals surface area contributed by atoms with Gasteiger partial charge in [0.05, 0.1) is 12.2 Å². The van der Waals surface area contributed by atoms with E-state index in [2.05, 4.69) is 51.1 Å². The molecule has 0 fully saturated rings. The third kappa shape index (κ3) is 7.44. The predicted molar refractivity (Wildman–Crippen MR) is 147 cm³/mol. The maximum atomic E-state index is 10.7. The normalized spacial score (nSPS) is 14.1. The zero-order valence-corrected chi connectivity index (χ0v) is 23.0. The van der Waals surface area contributed by atoms with Gasteiger partial charge in [0.25, 0.3) is 0 Å². The summed E-state index contributed by atoms with van der Waals surface area (Å²) in [6.07, 6.45) is 4.52. The van der Waals surface area contributed by atoms with E-state index in [-0.39, 0.29) is 30.3 Å². The molecule has 0 radical (unpaired) electrons. The highest BCUT2D eigenvalue weighted by molar-refractivity contribution is 5.66. The SMILES string of the molecule is CCC(CC)(c1ccc(C=CC(O)C(C)(C)C)c(C)c1)c1ccc(OC[C@@H](O)CCC(=O)O)c(C)c1. The van der Waals surface area contributed by atoms with Crippen molar-refractivity contribution >= 4 is 12.0 Å². The van der Waals surface area contributed by atoms with Gasteiger partial charge in [-0.25, -0.2) is 0 Å². The van der Waals surface area contributed by atoms with Gasteiger partial charge in [0.2, 0.25) is 0 Å². The van der Waals surface area contributed by atoms with Crippen molar-refractivity contribution in [3.8, 4) is 5.75 Å². The predicted octanol–water partition coefficient (Wildman–Crippen LogP) is 6.43. The van der Waals surface area contributed by atoms with Crippen LogP contribution in [0.2, 0.25) is 0 Å². The molecule has 0 aliphatic heterocycles. The second kappa shape index (κ2) is 12.6. The minimum Gasteiger partial charge on any atom is -0.491 e. The molecule has 0 aliphatic rings. The van der Waals surface area contributed by atoms with Crippen molar-refractivity contribution in [2.24, 2.45) is 5.41 Å². The van der Waals surface area contributed by atoms with E-state index >= 15 is 0 Å². The minimum atomic E-state index is -0.924. The molecule has 0 saturated heterocycles. The molecule has 36 heavy (non-hydrogen) atoms. The average molecular weight is 497 g/mol. The number of rotatable bonds is 12. The van der Waals surface area contributed by atoms with Gasteiger partial charge in [-0.1, -0.05) is 77.1 Å². The Hall–Kier alpha value is -2.63. The summed E-state index contributed by atoms with van der Waals surface area (Å²) in [7, 11) is 0. The lowest BCUT2D eigenvalue weighted by atomic mass is 9.70. The van der Waals surface area contributed by atoms with Crippen molar-refractivity contribution in [2.75, 3.05) is 6.61 Å². The van der Waals surface area contributed by atoms with E-state index < -0.39 is 18.2 Å². The third-order valence-corrected chi connectivity index (χ3v) is 7.23. The van der Waals surface area contributed by atoms with Crippen LogP contribution in [0.1, 0.15) is 88.1 Å². The molecule has 2 aromatic carbocycles. The fourth-order valence-corrected chi connectivity index (χ4v) is 4.55. The number of carboxylic acid groups (broad SMARTS) is 1. The van der Waals surface area contributed by atoms with Crippen LogP contribution in [-0.4, -0.2) is 40.1 Å². The molecule has 0 aliphatic carbocycles. The average Bonchev–Trinajstić information content (AvgIpc) is 2.82. The van der Waals surface area contributed by atoms with Gasteiger partial charge in [-0.3, -0.25) is 4.79 Å². The summed E-state index contributed by atoms with van der Waals surface area (Å²) in [5, 5.41) is 29.2. The van der Waals surface area contributed by atoms with Crippen LogP contribution in [0, 0.1) is 19.3 Å². The highest BCUT2D eigenvalue weighted by atomic mass is 16.5. The summed E-state index contributed by atoms with van der Waals surface area (Å²) < 4.78 is 5.81. The quantitative estimate of drug-likeness (QED) is 0.315. The maximum absolute atomic E-state index is 10.7.